The number of rotatable bonds is 11. The van der Waals surface area contributed by atoms with Crippen molar-refractivity contribution in [2.75, 3.05) is 13.2 Å². The molecular weight excluding hydrogens is 507 g/mol. The fraction of sp³-hybridized carbons (Fsp3) is 0.259. The minimum atomic E-state index is -0.780. The zero-order chi connectivity index (χ0) is 25.2. The molecule has 0 heterocycles. The van der Waals surface area contributed by atoms with Crippen LogP contribution in [0.4, 0.5) is 0 Å². The van der Waals surface area contributed by atoms with E-state index in [1.165, 1.54) is 4.90 Å². The molecule has 0 saturated heterocycles. The molecule has 3 rings (SSSR count). The normalized spacial score (nSPS) is 11.5. The molecule has 0 bridgehead atoms. The molecule has 184 valence electrons. The standard InChI is InChI=1S/C27H27Cl3N2O3/c1-2-14-31-27(34)24(15-19-8-4-3-5-9-19)32(17-20-12-13-21(28)16-23(20)30)26(33)18-35-25-11-7-6-10-22(25)29/h3-13,16,24H,2,14-15,17-18H2,1H3,(H,31,34). The maximum absolute atomic E-state index is 13.5. The van der Waals surface area contributed by atoms with Gasteiger partial charge in [-0.2, -0.15) is 0 Å². The fourth-order valence-electron chi connectivity index (χ4n) is 3.54. The Morgan fingerprint density at radius 3 is 2.34 bits per heavy atom. The minimum Gasteiger partial charge on any atom is -0.482 e. The van der Waals surface area contributed by atoms with Crippen molar-refractivity contribution in [3.63, 3.8) is 0 Å². The Kier molecular flexibility index (Phi) is 10.3. The second kappa shape index (κ2) is 13.4. The molecule has 0 aliphatic carbocycles. The van der Waals surface area contributed by atoms with Crippen LogP contribution in [-0.4, -0.2) is 35.9 Å². The number of carbonyl (C=O) groups is 2. The Morgan fingerprint density at radius 2 is 1.66 bits per heavy atom. The summed E-state index contributed by atoms with van der Waals surface area (Å²) in [6.07, 6.45) is 1.11. The highest BCUT2D eigenvalue weighted by Gasteiger charge is 2.31. The van der Waals surface area contributed by atoms with E-state index in [1.54, 1.807) is 42.5 Å². The first kappa shape index (κ1) is 26.9. The van der Waals surface area contributed by atoms with E-state index in [4.69, 9.17) is 39.5 Å². The lowest BCUT2D eigenvalue weighted by atomic mass is 10.0. The maximum Gasteiger partial charge on any atom is 0.261 e. The van der Waals surface area contributed by atoms with Gasteiger partial charge in [0.25, 0.3) is 5.91 Å². The van der Waals surface area contributed by atoms with Crippen LogP contribution >= 0.6 is 34.8 Å². The molecule has 0 radical (unpaired) electrons. The number of hydrogen-bond acceptors (Lipinski definition) is 3. The first-order chi connectivity index (χ1) is 16.9. The van der Waals surface area contributed by atoms with Gasteiger partial charge in [-0.15, -0.1) is 0 Å². The van der Waals surface area contributed by atoms with Gasteiger partial charge < -0.3 is 15.0 Å². The predicted molar refractivity (Wildman–Crippen MR) is 141 cm³/mol. The van der Waals surface area contributed by atoms with E-state index in [1.807, 2.05) is 37.3 Å². The molecule has 35 heavy (non-hydrogen) atoms. The number of ether oxygens (including phenoxy) is 1. The Labute approximate surface area is 220 Å². The summed E-state index contributed by atoms with van der Waals surface area (Å²) in [6, 6.07) is 20.8. The number of halogens is 3. The molecule has 0 spiro atoms. The van der Waals surface area contributed by atoms with Gasteiger partial charge in [-0.05, 0) is 41.8 Å². The van der Waals surface area contributed by atoms with Crippen LogP contribution in [-0.2, 0) is 22.6 Å². The monoisotopic (exact) mass is 532 g/mol. The molecule has 1 atom stereocenters. The van der Waals surface area contributed by atoms with Crippen molar-refractivity contribution in [3.8, 4) is 5.75 Å². The molecule has 5 nitrogen and oxygen atoms in total. The predicted octanol–water partition coefficient (Wildman–Crippen LogP) is 6.19. The van der Waals surface area contributed by atoms with Gasteiger partial charge in [-0.3, -0.25) is 9.59 Å². The fourth-order valence-corrected chi connectivity index (χ4v) is 4.20. The Hall–Kier alpha value is -2.73. The number of benzene rings is 3. The van der Waals surface area contributed by atoms with Gasteiger partial charge in [-0.25, -0.2) is 0 Å². The van der Waals surface area contributed by atoms with E-state index in [-0.39, 0.29) is 25.0 Å². The van der Waals surface area contributed by atoms with Crippen molar-refractivity contribution in [1.29, 1.82) is 0 Å². The second-order valence-electron chi connectivity index (χ2n) is 7.97. The highest BCUT2D eigenvalue weighted by molar-refractivity contribution is 6.35. The molecule has 0 aromatic heterocycles. The van der Waals surface area contributed by atoms with E-state index in [0.717, 1.165) is 12.0 Å². The second-order valence-corrected chi connectivity index (χ2v) is 9.22. The number of nitrogens with zero attached hydrogens (tertiary/aromatic N) is 1. The van der Waals surface area contributed by atoms with E-state index >= 15 is 0 Å². The third-order valence-corrected chi connectivity index (χ3v) is 6.26. The summed E-state index contributed by atoms with van der Waals surface area (Å²) in [6.45, 7) is 2.29. The van der Waals surface area contributed by atoms with E-state index in [2.05, 4.69) is 5.32 Å². The average molecular weight is 534 g/mol. The van der Waals surface area contributed by atoms with Crippen LogP contribution in [0.15, 0.2) is 72.8 Å². The number of para-hydroxylation sites is 1. The minimum absolute atomic E-state index is 0.109. The van der Waals surface area contributed by atoms with Gasteiger partial charge in [0, 0.05) is 29.6 Å². The van der Waals surface area contributed by atoms with Crippen LogP contribution in [0.1, 0.15) is 24.5 Å². The van der Waals surface area contributed by atoms with Gasteiger partial charge >= 0.3 is 0 Å². The number of hydrogen-bond donors (Lipinski definition) is 1. The van der Waals surface area contributed by atoms with E-state index in [0.29, 0.717) is 39.3 Å². The largest absolute Gasteiger partial charge is 0.482 e. The summed E-state index contributed by atoms with van der Waals surface area (Å²) >= 11 is 18.7. The van der Waals surface area contributed by atoms with Gasteiger partial charge in [0.05, 0.1) is 5.02 Å². The quantitative estimate of drug-likeness (QED) is 0.320. The van der Waals surface area contributed by atoms with Crippen molar-refractivity contribution < 1.29 is 14.3 Å². The van der Waals surface area contributed by atoms with Crippen LogP contribution in [0.2, 0.25) is 15.1 Å². The molecular formula is C27H27Cl3N2O3. The zero-order valence-corrected chi connectivity index (χ0v) is 21.6. The molecule has 3 aromatic rings. The number of amides is 2. The molecule has 0 aliphatic heterocycles. The zero-order valence-electron chi connectivity index (χ0n) is 19.3. The maximum atomic E-state index is 13.5. The topological polar surface area (TPSA) is 58.6 Å². The summed E-state index contributed by atoms with van der Waals surface area (Å²) in [7, 11) is 0. The number of nitrogens with one attached hydrogen (secondary N) is 1. The Bertz CT molecular complexity index is 1140. The van der Waals surface area contributed by atoms with Gasteiger partial charge in [0.1, 0.15) is 11.8 Å². The van der Waals surface area contributed by atoms with Crippen molar-refractivity contribution in [3.05, 3.63) is 99.0 Å². The summed E-state index contributed by atoms with van der Waals surface area (Å²) in [4.78, 5) is 28.3. The summed E-state index contributed by atoms with van der Waals surface area (Å²) in [5.41, 5.74) is 1.60. The SMILES string of the molecule is CCCNC(=O)C(Cc1ccccc1)N(Cc1ccc(Cl)cc1Cl)C(=O)COc1ccccc1Cl. The van der Waals surface area contributed by atoms with Gasteiger partial charge in [-0.1, -0.05) is 90.3 Å². The Morgan fingerprint density at radius 1 is 0.943 bits per heavy atom. The lowest BCUT2D eigenvalue weighted by molar-refractivity contribution is -0.142. The molecule has 2 amide bonds. The third kappa shape index (κ3) is 7.89. The van der Waals surface area contributed by atoms with Crippen molar-refractivity contribution >= 4 is 46.6 Å². The van der Waals surface area contributed by atoms with Crippen molar-refractivity contribution in [2.45, 2.75) is 32.4 Å². The average Bonchev–Trinajstić information content (AvgIpc) is 2.85. The first-order valence-electron chi connectivity index (χ1n) is 11.3. The summed E-state index contributed by atoms with van der Waals surface area (Å²) in [5, 5.41) is 4.23. The van der Waals surface area contributed by atoms with Crippen molar-refractivity contribution in [1.82, 2.24) is 10.2 Å². The van der Waals surface area contributed by atoms with Crippen LogP contribution in [0.5, 0.6) is 5.75 Å². The van der Waals surface area contributed by atoms with Gasteiger partial charge in [0.2, 0.25) is 5.91 Å². The first-order valence-corrected chi connectivity index (χ1v) is 12.4. The molecule has 0 aliphatic rings. The van der Waals surface area contributed by atoms with Crippen LogP contribution in [0.25, 0.3) is 0 Å². The number of carbonyl (C=O) groups excluding carboxylic acids is 2. The smallest absolute Gasteiger partial charge is 0.261 e. The summed E-state index contributed by atoms with van der Waals surface area (Å²) < 4.78 is 5.72. The highest BCUT2D eigenvalue weighted by atomic mass is 35.5. The molecule has 8 heteroatoms. The van der Waals surface area contributed by atoms with Crippen molar-refractivity contribution in [2.24, 2.45) is 0 Å². The molecule has 1 N–H and O–H groups in total. The molecule has 3 aromatic carbocycles. The van der Waals surface area contributed by atoms with E-state index in [9.17, 15) is 9.59 Å². The molecule has 0 saturated carbocycles. The van der Waals surface area contributed by atoms with Crippen LogP contribution in [0.3, 0.4) is 0 Å². The van der Waals surface area contributed by atoms with Gasteiger partial charge in [0.15, 0.2) is 6.61 Å². The van der Waals surface area contributed by atoms with Crippen LogP contribution < -0.4 is 10.1 Å². The van der Waals surface area contributed by atoms with Crippen LogP contribution in [0, 0.1) is 0 Å². The lowest BCUT2D eigenvalue weighted by Crippen LogP contribution is -2.51. The molecule has 1 unspecified atom stereocenters. The summed E-state index contributed by atoms with van der Waals surface area (Å²) in [5.74, 6) is -0.225. The lowest BCUT2D eigenvalue weighted by Gasteiger charge is -2.31. The van der Waals surface area contributed by atoms with E-state index < -0.39 is 6.04 Å². The third-order valence-electron chi connectivity index (χ3n) is 5.36. The Balaban J connectivity index is 1.93. The highest BCUT2D eigenvalue weighted by Crippen LogP contribution is 2.26. The molecule has 0 fully saturated rings.